The minimum Gasteiger partial charge on any atom is -0.367 e. The number of amides is 1. The Bertz CT molecular complexity index is 531. The average Bonchev–Trinajstić information content (AvgIpc) is 2.93. The fourth-order valence-electron chi connectivity index (χ4n) is 2.20. The molecule has 1 amide bonds. The van der Waals surface area contributed by atoms with Gasteiger partial charge in [0.25, 0.3) is 0 Å². The maximum absolute atomic E-state index is 12.2. The van der Waals surface area contributed by atoms with Crippen molar-refractivity contribution in [3.8, 4) is 0 Å². The Morgan fingerprint density at radius 1 is 1.50 bits per heavy atom. The minimum atomic E-state index is -0.523. The smallest absolute Gasteiger partial charge is 0.311 e. The van der Waals surface area contributed by atoms with Crippen molar-refractivity contribution in [3.05, 3.63) is 27.0 Å². The van der Waals surface area contributed by atoms with Crippen LogP contribution in [0.1, 0.15) is 19.8 Å². The van der Waals surface area contributed by atoms with Crippen molar-refractivity contribution in [2.75, 3.05) is 18.4 Å². The average molecular weight is 343 g/mol. The zero-order valence-electron chi connectivity index (χ0n) is 11.0. The Morgan fingerprint density at radius 2 is 2.15 bits per heavy atom. The number of nitrogens with zero attached hydrogens (tertiary/aromatic N) is 3. The van der Waals surface area contributed by atoms with Crippen molar-refractivity contribution in [2.24, 2.45) is 0 Å². The molecule has 1 unspecified atom stereocenters. The molecule has 1 aromatic rings. The van der Waals surface area contributed by atoms with E-state index in [0.717, 1.165) is 25.9 Å². The molecule has 1 N–H and O–H groups in total. The molecule has 108 valence electrons. The lowest BCUT2D eigenvalue weighted by Gasteiger charge is -2.22. The molecule has 1 fully saturated rings. The van der Waals surface area contributed by atoms with Crippen molar-refractivity contribution in [3.63, 3.8) is 0 Å². The summed E-state index contributed by atoms with van der Waals surface area (Å²) in [6.07, 6.45) is 4.65. The van der Waals surface area contributed by atoms with E-state index < -0.39 is 11.0 Å². The lowest BCUT2D eigenvalue weighted by atomic mass is 10.2. The van der Waals surface area contributed by atoms with Crippen molar-refractivity contribution in [2.45, 2.75) is 25.8 Å². The molecule has 0 aliphatic carbocycles. The third-order valence-corrected chi connectivity index (χ3v) is 3.83. The number of aromatic nitrogens is 1. The van der Waals surface area contributed by atoms with E-state index in [4.69, 9.17) is 0 Å². The van der Waals surface area contributed by atoms with E-state index in [1.54, 1.807) is 11.8 Å². The van der Waals surface area contributed by atoms with Crippen molar-refractivity contribution in [1.82, 2.24) is 9.88 Å². The summed E-state index contributed by atoms with van der Waals surface area (Å²) < 4.78 is 0.466. The normalized spacial score (nSPS) is 16.0. The van der Waals surface area contributed by atoms with Gasteiger partial charge in [-0.3, -0.25) is 19.9 Å². The number of hydrogen-bond donors (Lipinski definition) is 1. The highest BCUT2D eigenvalue weighted by Crippen LogP contribution is 2.31. The number of hydrogen-bond acceptors (Lipinski definition) is 5. The summed E-state index contributed by atoms with van der Waals surface area (Å²) in [6, 6.07) is -0.523. The Labute approximate surface area is 124 Å². The Hall–Kier alpha value is -1.70. The minimum absolute atomic E-state index is 0.0412. The molecule has 2 rings (SSSR count). The van der Waals surface area contributed by atoms with Crippen LogP contribution in [0, 0.1) is 10.1 Å². The standard InChI is InChI=1S/C12H15BrN4O3/c1-8(12(18)16-4-2-3-5-16)15-11-9(13)6-14-7-10(11)17(19)20/h6-8H,2-5H2,1H3,(H,14,15). The maximum Gasteiger partial charge on any atom is 0.311 e. The van der Waals surface area contributed by atoms with Crippen LogP contribution in [0.3, 0.4) is 0 Å². The largest absolute Gasteiger partial charge is 0.367 e. The number of anilines is 1. The van der Waals surface area contributed by atoms with Crippen LogP contribution in [0.25, 0.3) is 0 Å². The van der Waals surface area contributed by atoms with Crippen molar-refractivity contribution < 1.29 is 9.72 Å². The molecule has 0 bridgehead atoms. The quantitative estimate of drug-likeness (QED) is 0.669. The first kappa shape index (κ1) is 14.7. The summed E-state index contributed by atoms with van der Waals surface area (Å²) >= 11 is 3.22. The molecule has 2 heterocycles. The van der Waals surface area contributed by atoms with Gasteiger partial charge in [-0.2, -0.15) is 0 Å². The van der Waals surface area contributed by atoms with Crippen LogP contribution in [-0.2, 0) is 4.79 Å². The molecule has 1 saturated heterocycles. The Morgan fingerprint density at radius 3 is 2.75 bits per heavy atom. The SMILES string of the molecule is CC(Nc1c(Br)cncc1[N+](=O)[O-])C(=O)N1CCCC1. The third kappa shape index (κ3) is 3.06. The molecule has 1 atom stereocenters. The molecule has 1 aromatic heterocycles. The second kappa shape index (κ2) is 6.17. The first-order valence-corrected chi connectivity index (χ1v) is 7.13. The van der Waals surface area contributed by atoms with Crippen LogP contribution in [0.4, 0.5) is 11.4 Å². The first-order valence-electron chi connectivity index (χ1n) is 6.34. The predicted octanol–water partition coefficient (Wildman–Crippen LogP) is 2.18. The van der Waals surface area contributed by atoms with Gasteiger partial charge in [-0.05, 0) is 35.7 Å². The fraction of sp³-hybridized carbons (Fsp3) is 0.500. The van der Waals surface area contributed by atoms with E-state index in [0.29, 0.717) is 4.47 Å². The van der Waals surface area contributed by atoms with Gasteiger partial charge in [0.05, 0.1) is 9.40 Å². The van der Waals surface area contributed by atoms with Crippen LogP contribution < -0.4 is 5.32 Å². The van der Waals surface area contributed by atoms with Gasteiger partial charge < -0.3 is 10.2 Å². The zero-order chi connectivity index (χ0) is 14.7. The van der Waals surface area contributed by atoms with E-state index in [9.17, 15) is 14.9 Å². The highest BCUT2D eigenvalue weighted by Gasteiger charge is 2.26. The lowest BCUT2D eigenvalue weighted by Crippen LogP contribution is -2.39. The van der Waals surface area contributed by atoms with E-state index in [-0.39, 0.29) is 17.3 Å². The molecule has 8 heteroatoms. The molecule has 1 aliphatic rings. The van der Waals surface area contributed by atoms with Crippen molar-refractivity contribution >= 4 is 33.2 Å². The molecular formula is C12H15BrN4O3. The molecule has 0 saturated carbocycles. The summed E-state index contributed by atoms with van der Waals surface area (Å²) in [4.78, 5) is 28.2. The van der Waals surface area contributed by atoms with E-state index in [1.807, 2.05) is 0 Å². The highest BCUT2D eigenvalue weighted by atomic mass is 79.9. The highest BCUT2D eigenvalue weighted by molar-refractivity contribution is 9.10. The van der Waals surface area contributed by atoms with Gasteiger partial charge in [0, 0.05) is 19.3 Å². The molecule has 7 nitrogen and oxygen atoms in total. The molecule has 1 aliphatic heterocycles. The van der Waals surface area contributed by atoms with E-state index >= 15 is 0 Å². The lowest BCUT2D eigenvalue weighted by molar-refractivity contribution is -0.384. The van der Waals surface area contributed by atoms with E-state index in [2.05, 4.69) is 26.2 Å². The van der Waals surface area contributed by atoms with Crippen LogP contribution >= 0.6 is 15.9 Å². The molecule has 0 spiro atoms. The monoisotopic (exact) mass is 342 g/mol. The topological polar surface area (TPSA) is 88.4 Å². The number of halogens is 1. The fourth-order valence-corrected chi connectivity index (χ4v) is 2.63. The van der Waals surface area contributed by atoms with Gasteiger partial charge >= 0.3 is 5.69 Å². The van der Waals surface area contributed by atoms with Gasteiger partial charge in [-0.25, -0.2) is 0 Å². The molecule has 0 radical (unpaired) electrons. The number of carbonyl (C=O) groups is 1. The Kier molecular flexibility index (Phi) is 4.53. The first-order chi connectivity index (χ1) is 9.50. The predicted molar refractivity (Wildman–Crippen MR) is 77.5 cm³/mol. The van der Waals surface area contributed by atoms with E-state index in [1.165, 1.54) is 12.4 Å². The number of carbonyl (C=O) groups excluding carboxylic acids is 1. The summed E-state index contributed by atoms with van der Waals surface area (Å²) in [5, 5.41) is 13.9. The summed E-state index contributed by atoms with van der Waals surface area (Å²) in [5.41, 5.74) is 0.130. The summed E-state index contributed by atoms with van der Waals surface area (Å²) in [7, 11) is 0. The zero-order valence-corrected chi connectivity index (χ0v) is 12.6. The van der Waals surface area contributed by atoms with Crippen LogP contribution in [0.15, 0.2) is 16.9 Å². The van der Waals surface area contributed by atoms with Gasteiger partial charge in [0.1, 0.15) is 17.9 Å². The van der Waals surface area contributed by atoms with Gasteiger partial charge in [-0.15, -0.1) is 0 Å². The number of rotatable bonds is 4. The second-order valence-electron chi connectivity index (χ2n) is 4.67. The van der Waals surface area contributed by atoms with Crippen LogP contribution in [-0.4, -0.2) is 39.8 Å². The number of likely N-dealkylation sites (tertiary alicyclic amines) is 1. The summed E-state index contributed by atoms with van der Waals surface area (Å²) in [5.74, 6) is -0.0412. The number of nitro groups is 1. The van der Waals surface area contributed by atoms with Gasteiger partial charge in [0.15, 0.2) is 0 Å². The van der Waals surface area contributed by atoms with Crippen molar-refractivity contribution in [1.29, 1.82) is 0 Å². The molecule has 0 aromatic carbocycles. The summed E-state index contributed by atoms with van der Waals surface area (Å²) in [6.45, 7) is 3.21. The van der Waals surface area contributed by atoms with Gasteiger partial charge in [0.2, 0.25) is 5.91 Å². The van der Waals surface area contributed by atoms with Gasteiger partial charge in [-0.1, -0.05) is 0 Å². The third-order valence-electron chi connectivity index (χ3n) is 3.23. The molecule has 20 heavy (non-hydrogen) atoms. The number of nitrogens with one attached hydrogen (secondary N) is 1. The molecular weight excluding hydrogens is 328 g/mol. The second-order valence-corrected chi connectivity index (χ2v) is 5.53. The van der Waals surface area contributed by atoms with Crippen LogP contribution in [0.2, 0.25) is 0 Å². The Balaban J connectivity index is 2.16. The van der Waals surface area contributed by atoms with Crippen LogP contribution in [0.5, 0.6) is 0 Å². The number of pyridine rings is 1. The maximum atomic E-state index is 12.2.